The van der Waals surface area contributed by atoms with Crippen molar-refractivity contribution < 1.29 is 0 Å². The van der Waals surface area contributed by atoms with Crippen LogP contribution in [-0.4, -0.2) is 0 Å². The SMILES string of the molecule is CC.c1ccc2c(c1)Cc1ccccc1N2. The Bertz CT molecular complexity index is 387. The van der Waals surface area contributed by atoms with E-state index in [0.29, 0.717) is 0 Å². The summed E-state index contributed by atoms with van der Waals surface area (Å²) in [5.41, 5.74) is 5.25. The lowest BCUT2D eigenvalue weighted by atomic mass is 9.98. The summed E-state index contributed by atoms with van der Waals surface area (Å²) in [7, 11) is 0. The van der Waals surface area contributed by atoms with Crippen molar-refractivity contribution in [2.45, 2.75) is 20.3 Å². The van der Waals surface area contributed by atoms with E-state index >= 15 is 0 Å². The molecule has 0 spiro atoms. The molecule has 1 aliphatic heterocycles. The molecule has 2 aromatic carbocycles. The van der Waals surface area contributed by atoms with Crippen LogP contribution in [-0.2, 0) is 6.42 Å². The van der Waals surface area contributed by atoms with Gasteiger partial charge in [-0.15, -0.1) is 0 Å². The maximum absolute atomic E-state index is 3.44. The standard InChI is InChI=1S/C13H11N.C2H6/c1-3-7-12-10(5-1)9-11-6-2-4-8-13(11)14-12;1-2/h1-8,14H,9H2;1-2H3. The number of rotatable bonds is 0. The summed E-state index contributed by atoms with van der Waals surface area (Å²) in [5.74, 6) is 0. The summed E-state index contributed by atoms with van der Waals surface area (Å²) in [6.07, 6.45) is 1.04. The first kappa shape index (κ1) is 10.7. The second kappa shape index (κ2) is 4.84. The van der Waals surface area contributed by atoms with E-state index in [1.807, 2.05) is 13.8 Å². The van der Waals surface area contributed by atoms with Gasteiger partial charge in [-0.2, -0.15) is 0 Å². The largest absolute Gasteiger partial charge is 0.355 e. The molecular formula is C15H17N. The number of fused-ring (bicyclic) bond motifs is 2. The molecule has 3 rings (SSSR count). The van der Waals surface area contributed by atoms with Gasteiger partial charge in [0.25, 0.3) is 0 Å². The molecule has 1 aliphatic rings. The molecule has 0 aromatic heterocycles. The van der Waals surface area contributed by atoms with Crippen LogP contribution >= 0.6 is 0 Å². The van der Waals surface area contributed by atoms with Gasteiger partial charge in [0.2, 0.25) is 0 Å². The Kier molecular flexibility index (Phi) is 3.25. The lowest BCUT2D eigenvalue weighted by Crippen LogP contribution is -2.05. The summed E-state index contributed by atoms with van der Waals surface area (Å²) < 4.78 is 0. The number of para-hydroxylation sites is 2. The fraction of sp³-hybridized carbons (Fsp3) is 0.200. The highest BCUT2D eigenvalue weighted by Crippen LogP contribution is 2.31. The van der Waals surface area contributed by atoms with Crippen LogP contribution in [0.1, 0.15) is 25.0 Å². The monoisotopic (exact) mass is 211 g/mol. The van der Waals surface area contributed by atoms with Gasteiger partial charge >= 0.3 is 0 Å². The van der Waals surface area contributed by atoms with Crippen molar-refractivity contribution in [2.75, 3.05) is 5.32 Å². The minimum absolute atomic E-state index is 1.04. The molecule has 1 heteroatoms. The van der Waals surface area contributed by atoms with E-state index in [4.69, 9.17) is 0 Å². The van der Waals surface area contributed by atoms with E-state index < -0.39 is 0 Å². The molecular weight excluding hydrogens is 194 g/mol. The summed E-state index contributed by atoms with van der Waals surface area (Å²) in [4.78, 5) is 0. The highest BCUT2D eigenvalue weighted by Gasteiger charge is 2.12. The average molecular weight is 211 g/mol. The highest BCUT2D eigenvalue weighted by molar-refractivity contribution is 5.71. The van der Waals surface area contributed by atoms with Gasteiger partial charge in [-0.25, -0.2) is 0 Å². The van der Waals surface area contributed by atoms with Crippen LogP contribution in [0.25, 0.3) is 0 Å². The fourth-order valence-electron chi connectivity index (χ4n) is 1.94. The van der Waals surface area contributed by atoms with E-state index in [9.17, 15) is 0 Å². The Morgan fingerprint density at radius 1 is 0.750 bits per heavy atom. The van der Waals surface area contributed by atoms with Gasteiger partial charge in [0, 0.05) is 17.8 Å². The zero-order valence-electron chi connectivity index (χ0n) is 9.83. The third-order valence-corrected chi connectivity index (χ3v) is 2.68. The molecule has 0 saturated carbocycles. The van der Waals surface area contributed by atoms with Crippen molar-refractivity contribution in [3.8, 4) is 0 Å². The summed E-state index contributed by atoms with van der Waals surface area (Å²) >= 11 is 0. The zero-order chi connectivity index (χ0) is 11.4. The summed E-state index contributed by atoms with van der Waals surface area (Å²) in [6, 6.07) is 16.9. The molecule has 16 heavy (non-hydrogen) atoms. The molecule has 0 bridgehead atoms. The fourth-order valence-corrected chi connectivity index (χ4v) is 1.94. The Hall–Kier alpha value is -1.76. The zero-order valence-corrected chi connectivity index (χ0v) is 9.83. The second-order valence-corrected chi connectivity index (χ2v) is 3.62. The van der Waals surface area contributed by atoms with Crippen molar-refractivity contribution >= 4 is 11.4 Å². The first-order valence-corrected chi connectivity index (χ1v) is 5.86. The highest BCUT2D eigenvalue weighted by atomic mass is 14.9. The number of nitrogens with one attached hydrogen (secondary N) is 1. The van der Waals surface area contributed by atoms with Gasteiger partial charge in [-0.3, -0.25) is 0 Å². The molecule has 0 amide bonds. The average Bonchev–Trinajstić information content (AvgIpc) is 2.38. The summed E-state index contributed by atoms with van der Waals surface area (Å²) in [5, 5.41) is 3.44. The molecule has 2 aromatic rings. The second-order valence-electron chi connectivity index (χ2n) is 3.62. The van der Waals surface area contributed by atoms with E-state index in [0.717, 1.165) is 6.42 Å². The van der Waals surface area contributed by atoms with Gasteiger partial charge < -0.3 is 5.32 Å². The predicted molar refractivity (Wildman–Crippen MR) is 70.3 cm³/mol. The van der Waals surface area contributed by atoms with Crippen molar-refractivity contribution in [3.63, 3.8) is 0 Å². The van der Waals surface area contributed by atoms with Gasteiger partial charge in [0.1, 0.15) is 0 Å². The van der Waals surface area contributed by atoms with Crippen LogP contribution in [0.15, 0.2) is 48.5 Å². The Balaban J connectivity index is 0.000000457. The predicted octanol–water partition coefficient (Wildman–Crippen LogP) is 4.36. The van der Waals surface area contributed by atoms with Crippen LogP contribution in [0.2, 0.25) is 0 Å². The smallest absolute Gasteiger partial charge is 0.0420 e. The van der Waals surface area contributed by atoms with E-state index in [1.54, 1.807) is 0 Å². The number of hydrogen-bond acceptors (Lipinski definition) is 1. The quantitative estimate of drug-likeness (QED) is 0.582. The van der Waals surface area contributed by atoms with Crippen molar-refractivity contribution in [3.05, 3.63) is 59.7 Å². The topological polar surface area (TPSA) is 12.0 Å². The van der Waals surface area contributed by atoms with Crippen molar-refractivity contribution in [2.24, 2.45) is 0 Å². The normalized spacial score (nSPS) is 11.4. The maximum atomic E-state index is 3.44. The third-order valence-electron chi connectivity index (χ3n) is 2.68. The van der Waals surface area contributed by atoms with Crippen LogP contribution in [0.5, 0.6) is 0 Å². The van der Waals surface area contributed by atoms with Gasteiger partial charge in [0.15, 0.2) is 0 Å². The first-order chi connectivity index (χ1) is 7.93. The minimum Gasteiger partial charge on any atom is -0.355 e. The molecule has 1 N–H and O–H groups in total. The van der Waals surface area contributed by atoms with Gasteiger partial charge in [-0.1, -0.05) is 50.2 Å². The molecule has 0 radical (unpaired) electrons. The van der Waals surface area contributed by atoms with Crippen molar-refractivity contribution in [1.29, 1.82) is 0 Å². The minimum atomic E-state index is 1.04. The molecule has 0 atom stereocenters. The lowest BCUT2D eigenvalue weighted by Gasteiger charge is -2.20. The van der Waals surface area contributed by atoms with E-state index in [1.165, 1.54) is 22.5 Å². The Morgan fingerprint density at radius 2 is 1.19 bits per heavy atom. The molecule has 0 aliphatic carbocycles. The lowest BCUT2D eigenvalue weighted by molar-refractivity contribution is 1.16. The van der Waals surface area contributed by atoms with Gasteiger partial charge in [-0.05, 0) is 23.3 Å². The van der Waals surface area contributed by atoms with E-state index in [2.05, 4.69) is 53.8 Å². The molecule has 82 valence electrons. The van der Waals surface area contributed by atoms with Crippen LogP contribution < -0.4 is 5.32 Å². The maximum Gasteiger partial charge on any atom is 0.0420 e. The molecule has 0 saturated heterocycles. The molecule has 0 fully saturated rings. The van der Waals surface area contributed by atoms with Crippen molar-refractivity contribution in [1.82, 2.24) is 0 Å². The number of hydrogen-bond donors (Lipinski definition) is 1. The summed E-state index contributed by atoms with van der Waals surface area (Å²) in [6.45, 7) is 4.00. The van der Waals surface area contributed by atoms with Gasteiger partial charge in [0.05, 0.1) is 0 Å². The first-order valence-electron chi connectivity index (χ1n) is 5.86. The molecule has 0 unspecified atom stereocenters. The van der Waals surface area contributed by atoms with E-state index in [-0.39, 0.29) is 0 Å². The van der Waals surface area contributed by atoms with Crippen LogP contribution in [0.3, 0.4) is 0 Å². The molecule has 1 heterocycles. The Labute approximate surface area is 97.1 Å². The molecule has 1 nitrogen and oxygen atoms in total. The van der Waals surface area contributed by atoms with Crippen LogP contribution in [0.4, 0.5) is 11.4 Å². The van der Waals surface area contributed by atoms with Crippen LogP contribution in [0, 0.1) is 0 Å². The Morgan fingerprint density at radius 3 is 1.69 bits per heavy atom. The number of anilines is 2. The third kappa shape index (κ3) is 1.94. The number of benzene rings is 2.